The van der Waals surface area contributed by atoms with Crippen molar-refractivity contribution in [2.45, 2.75) is 33.6 Å². The Balaban J connectivity index is 2.76. The number of anilines is 2. The monoisotopic (exact) mass is 265 g/mol. The second-order valence-corrected chi connectivity index (χ2v) is 4.95. The van der Waals surface area contributed by atoms with E-state index >= 15 is 0 Å². The van der Waals surface area contributed by atoms with Crippen LogP contribution in [0.4, 0.5) is 17.1 Å². The van der Waals surface area contributed by atoms with Gasteiger partial charge in [-0.25, -0.2) is 0 Å². The van der Waals surface area contributed by atoms with E-state index in [1.165, 1.54) is 0 Å². The maximum Gasteiger partial charge on any atom is 0.315 e. The van der Waals surface area contributed by atoms with Crippen molar-refractivity contribution in [2.75, 3.05) is 23.7 Å². The molecule has 0 aromatic heterocycles. The van der Waals surface area contributed by atoms with Crippen LogP contribution in [-0.4, -0.2) is 18.0 Å². The molecule has 0 atom stereocenters. The lowest BCUT2D eigenvalue weighted by Crippen LogP contribution is -2.08. The fourth-order valence-corrected chi connectivity index (χ4v) is 1.95. The Morgan fingerprint density at radius 3 is 2.42 bits per heavy atom. The third-order valence-electron chi connectivity index (χ3n) is 2.86. The zero-order valence-corrected chi connectivity index (χ0v) is 11.9. The summed E-state index contributed by atoms with van der Waals surface area (Å²) in [4.78, 5) is 10.9. The Morgan fingerprint density at radius 1 is 1.26 bits per heavy atom. The molecule has 0 radical (unpaired) electrons. The highest BCUT2D eigenvalue weighted by Crippen LogP contribution is 2.32. The Labute approximate surface area is 114 Å². The van der Waals surface area contributed by atoms with Crippen molar-refractivity contribution in [3.8, 4) is 0 Å². The van der Waals surface area contributed by atoms with Crippen LogP contribution in [0, 0.1) is 16.0 Å². The number of rotatable bonds is 8. The van der Waals surface area contributed by atoms with Gasteiger partial charge in [0.15, 0.2) is 0 Å². The van der Waals surface area contributed by atoms with Crippen LogP contribution in [0.1, 0.15) is 33.6 Å². The molecule has 106 valence electrons. The molecule has 19 heavy (non-hydrogen) atoms. The molecule has 0 fully saturated rings. The van der Waals surface area contributed by atoms with Gasteiger partial charge in [-0.3, -0.25) is 10.1 Å². The SMILES string of the molecule is CCNc1cccc(NCCCC(C)C)c1[N+](=O)[O-]. The van der Waals surface area contributed by atoms with E-state index in [4.69, 9.17) is 0 Å². The predicted octanol–water partition coefficient (Wildman–Crippen LogP) is 3.87. The van der Waals surface area contributed by atoms with E-state index in [0.29, 0.717) is 23.8 Å². The number of nitrogens with zero attached hydrogens (tertiary/aromatic N) is 1. The summed E-state index contributed by atoms with van der Waals surface area (Å²) in [5.41, 5.74) is 1.29. The number of hydrogen-bond acceptors (Lipinski definition) is 4. The average Bonchev–Trinajstić information content (AvgIpc) is 2.34. The van der Waals surface area contributed by atoms with Crippen molar-refractivity contribution in [1.82, 2.24) is 0 Å². The molecule has 1 aromatic rings. The molecule has 0 aliphatic carbocycles. The second kappa shape index (κ2) is 7.61. The van der Waals surface area contributed by atoms with Gasteiger partial charge in [-0.05, 0) is 37.8 Å². The van der Waals surface area contributed by atoms with E-state index in [2.05, 4.69) is 24.5 Å². The zero-order chi connectivity index (χ0) is 14.3. The average molecular weight is 265 g/mol. The van der Waals surface area contributed by atoms with Gasteiger partial charge in [0.1, 0.15) is 11.4 Å². The topological polar surface area (TPSA) is 67.2 Å². The molecular formula is C14H23N3O2. The van der Waals surface area contributed by atoms with Gasteiger partial charge in [0.2, 0.25) is 0 Å². The van der Waals surface area contributed by atoms with Crippen molar-refractivity contribution in [3.05, 3.63) is 28.3 Å². The first-order valence-corrected chi connectivity index (χ1v) is 6.81. The van der Waals surface area contributed by atoms with E-state index < -0.39 is 0 Å². The highest BCUT2D eigenvalue weighted by Gasteiger charge is 2.18. The molecule has 0 heterocycles. The van der Waals surface area contributed by atoms with E-state index in [1.54, 1.807) is 12.1 Å². The molecule has 0 saturated heterocycles. The van der Waals surface area contributed by atoms with Crippen LogP contribution in [0.15, 0.2) is 18.2 Å². The molecular weight excluding hydrogens is 242 g/mol. The van der Waals surface area contributed by atoms with Crippen LogP contribution in [0.2, 0.25) is 0 Å². The smallest absolute Gasteiger partial charge is 0.315 e. The van der Waals surface area contributed by atoms with Crippen molar-refractivity contribution in [1.29, 1.82) is 0 Å². The molecule has 0 unspecified atom stereocenters. The van der Waals surface area contributed by atoms with Gasteiger partial charge in [-0.2, -0.15) is 0 Å². The number of hydrogen-bond donors (Lipinski definition) is 2. The van der Waals surface area contributed by atoms with Crippen LogP contribution in [-0.2, 0) is 0 Å². The third-order valence-corrected chi connectivity index (χ3v) is 2.86. The normalized spacial score (nSPS) is 10.5. The van der Waals surface area contributed by atoms with Gasteiger partial charge in [-0.1, -0.05) is 19.9 Å². The number of nitro benzene ring substituents is 1. The summed E-state index contributed by atoms with van der Waals surface area (Å²) in [7, 11) is 0. The van der Waals surface area contributed by atoms with Crippen LogP contribution in [0.3, 0.4) is 0 Å². The molecule has 0 saturated carbocycles. The fourth-order valence-electron chi connectivity index (χ4n) is 1.95. The lowest BCUT2D eigenvalue weighted by Gasteiger charge is -2.11. The summed E-state index contributed by atoms with van der Waals surface area (Å²) in [5.74, 6) is 0.657. The third kappa shape index (κ3) is 4.77. The Bertz CT molecular complexity index is 419. The number of benzene rings is 1. The fraction of sp³-hybridized carbons (Fsp3) is 0.571. The van der Waals surface area contributed by atoms with Gasteiger partial charge in [0.25, 0.3) is 0 Å². The molecule has 5 nitrogen and oxygen atoms in total. The molecule has 0 aliphatic heterocycles. The Kier molecular flexibility index (Phi) is 6.12. The molecule has 2 N–H and O–H groups in total. The van der Waals surface area contributed by atoms with Crippen molar-refractivity contribution >= 4 is 17.1 Å². The summed E-state index contributed by atoms with van der Waals surface area (Å²) in [6, 6.07) is 5.32. The summed E-state index contributed by atoms with van der Waals surface area (Å²) < 4.78 is 0. The summed E-state index contributed by atoms with van der Waals surface area (Å²) in [6.07, 6.45) is 2.13. The molecule has 0 spiro atoms. The first-order valence-electron chi connectivity index (χ1n) is 6.81. The molecule has 5 heteroatoms. The van der Waals surface area contributed by atoms with E-state index in [1.807, 2.05) is 13.0 Å². The minimum atomic E-state index is -0.331. The Hall–Kier alpha value is -1.78. The highest BCUT2D eigenvalue weighted by molar-refractivity contribution is 5.76. The largest absolute Gasteiger partial charge is 0.380 e. The first-order chi connectivity index (χ1) is 9.06. The van der Waals surface area contributed by atoms with E-state index in [0.717, 1.165) is 19.4 Å². The quantitative estimate of drug-likeness (QED) is 0.425. The maximum atomic E-state index is 11.2. The van der Waals surface area contributed by atoms with Crippen LogP contribution >= 0.6 is 0 Å². The lowest BCUT2D eigenvalue weighted by molar-refractivity contribution is -0.383. The molecule has 0 amide bonds. The van der Waals surface area contributed by atoms with Crippen LogP contribution < -0.4 is 10.6 Å². The standard InChI is InChI=1S/C14H23N3O2/c1-4-15-12-8-5-9-13(14(12)17(18)19)16-10-6-7-11(2)3/h5,8-9,11,15-16H,4,6-7,10H2,1-3H3. The van der Waals surface area contributed by atoms with Crippen molar-refractivity contribution < 1.29 is 4.92 Å². The Morgan fingerprint density at radius 2 is 1.89 bits per heavy atom. The highest BCUT2D eigenvalue weighted by atomic mass is 16.6. The predicted molar refractivity (Wildman–Crippen MR) is 79.8 cm³/mol. The van der Waals surface area contributed by atoms with Crippen molar-refractivity contribution in [2.24, 2.45) is 5.92 Å². The number of nitrogens with one attached hydrogen (secondary N) is 2. The number of nitro groups is 1. The van der Waals surface area contributed by atoms with Crippen LogP contribution in [0.25, 0.3) is 0 Å². The molecule has 1 rings (SSSR count). The van der Waals surface area contributed by atoms with Crippen LogP contribution in [0.5, 0.6) is 0 Å². The second-order valence-electron chi connectivity index (χ2n) is 4.95. The summed E-state index contributed by atoms with van der Waals surface area (Å²) in [5, 5.41) is 17.4. The van der Waals surface area contributed by atoms with Gasteiger partial charge in [0.05, 0.1) is 4.92 Å². The molecule has 0 bridgehead atoms. The van der Waals surface area contributed by atoms with Crippen molar-refractivity contribution in [3.63, 3.8) is 0 Å². The minimum Gasteiger partial charge on any atom is -0.380 e. The minimum absolute atomic E-state index is 0.133. The first kappa shape index (κ1) is 15.3. The molecule has 1 aromatic carbocycles. The zero-order valence-electron chi connectivity index (χ0n) is 11.9. The molecule has 0 aliphatic rings. The van der Waals surface area contributed by atoms with Gasteiger partial charge in [0, 0.05) is 13.1 Å². The summed E-state index contributed by atoms with van der Waals surface area (Å²) in [6.45, 7) is 7.70. The summed E-state index contributed by atoms with van der Waals surface area (Å²) >= 11 is 0. The van der Waals surface area contributed by atoms with Gasteiger partial charge in [-0.15, -0.1) is 0 Å². The number of para-hydroxylation sites is 1. The van der Waals surface area contributed by atoms with E-state index in [9.17, 15) is 10.1 Å². The maximum absolute atomic E-state index is 11.2. The van der Waals surface area contributed by atoms with E-state index in [-0.39, 0.29) is 10.6 Å². The van der Waals surface area contributed by atoms with Gasteiger partial charge < -0.3 is 10.6 Å². The lowest BCUT2D eigenvalue weighted by atomic mass is 10.1. The van der Waals surface area contributed by atoms with Gasteiger partial charge >= 0.3 is 5.69 Å².